The minimum Gasteiger partial charge on any atom is -0.466 e. The molecule has 2 aromatic rings. The number of fused-ring (bicyclic) bond motifs is 1. The summed E-state index contributed by atoms with van der Waals surface area (Å²) in [6, 6.07) is 6.16. The topological polar surface area (TPSA) is 73.2 Å². The standard InChI is InChI=1S/C19H23N3O3S/c1-4-25-18(24)8-7-17(23)20-19-14-10-26-11-15(14)21-22(19)16-6-5-12(2)9-13(16)3/h5-6,9H,4,7-8,10-11H2,1-3H3,(H,20,23). The lowest BCUT2D eigenvalue weighted by atomic mass is 10.1. The SMILES string of the molecule is CCOC(=O)CCC(=O)Nc1c2c(nn1-c1ccc(C)cc1C)CSC2. The number of aryl methyl sites for hydroxylation is 2. The van der Waals surface area contributed by atoms with Crippen molar-refractivity contribution in [2.75, 3.05) is 11.9 Å². The van der Waals surface area contributed by atoms with Crippen LogP contribution in [0.4, 0.5) is 5.82 Å². The molecule has 138 valence electrons. The summed E-state index contributed by atoms with van der Waals surface area (Å²) >= 11 is 1.78. The number of ether oxygens (including phenoxy) is 1. The van der Waals surface area contributed by atoms with Crippen molar-refractivity contribution < 1.29 is 14.3 Å². The molecule has 1 amide bonds. The second kappa shape index (κ2) is 7.95. The van der Waals surface area contributed by atoms with E-state index in [-0.39, 0.29) is 24.7 Å². The van der Waals surface area contributed by atoms with Crippen molar-refractivity contribution in [2.24, 2.45) is 0 Å². The summed E-state index contributed by atoms with van der Waals surface area (Å²) in [6.07, 6.45) is 0.174. The van der Waals surface area contributed by atoms with Crippen LogP contribution in [0.25, 0.3) is 5.69 Å². The number of rotatable bonds is 6. The molecule has 0 atom stereocenters. The second-order valence-corrected chi connectivity index (χ2v) is 7.31. The van der Waals surface area contributed by atoms with Crippen molar-refractivity contribution in [3.05, 3.63) is 40.6 Å². The number of amides is 1. The van der Waals surface area contributed by atoms with Gasteiger partial charge in [0.2, 0.25) is 5.91 Å². The van der Waals surface area contributed by atoms with Crippen LogP contribution in [0.5, 0.6) is 0 Å². The molecule has 3 rings (SSSR count). The molecular weight excluding hydrogens is 350 g/mol. The van der Waals surface area contributed by atoms with Gasteiger partial charge in [0, 0.05) is 23.5 Å². The highest BCUT2D eigenvalue weighted by atomic mass is 32.2. The highest BCUT2D eigenvalue weighted by Crippen LogP contribution is 2.36. The maximum atomic E-state index is 12.4. The number of benzene rings is 1. The summed E-state index contributed by atoms with van der Waals surface area (Å²) in [5, 5.41) is 7.69. The lowest BCUT2D eigenvalue weighted by Gasteiger charge is -2.13. The Morgan fingerprint density at radius 3 is 2.81 bits per heavy atom. The minimum absolute atomic E-state index is 0.0777. The molecule has 0 spiro atoms. The fourth-order valence-electron chi connectivity index (χ4n) is 3.00. The Bertz CT molecular complexity index is 845. The number of hydrogen-bond donors (Lipinski definition) is 1. The number of esters is 1. The van der Waals surface area contributed by atoms with E-state index in [0.29, 0.717) is 12.4 Å². The molecule has 1 aromatic carbocycles. The first-order valence-corrected chi connectivity index (χ1v) is 9.86. The number of hydrogen-bond acceptors (Lipinski definition) is 5. The summed E-state index contributed by atoms with van der Waals surface area (Å²) in [5.74, 6) is 1.83. The van der Waals surface area contributed by atoms with Gasteiger partial charge in [-0.05, 0) is 32.4 Å². The predicted octanol–water partition coefficient (Wildman–Crippen LogP) is 3.52. The number of aromatic nitrogens is 2. The Kier molecular flexibility index (Phi) is 5.66. The molecule has 6 nitrogen and oxygen atoms in total. The van der Waals surface area contributed by atoms with Crippen molar-refractivity contribution in [1.82, 2.24) is 9.78 Å². The van der Waals surface area contributed by atoms with Gasteiger partial charge in [0.1, 0.15) is 5.82 Å². The highest BCUT2D eigenvalue weighted by Gasteiger charge is 2.25. The van der Waals surface area contributed by atoms with Crippen molar-refractivity contribution in [3.8, 4) is 5.69 Å². The zero-order chi connectivity index (χ0) is 18.7. The first-order valence-electron chi connectivity index (χ1n) is 8.71. The largest absolute Gasteiger partial charge is 0.466 e. The first-order chi connectivity index (χ1) is 12.5. The Labute approximate surface area is 157 Å². The molecule has 0 unspecified atom stereocenters. The summed E-state index contributed by atoms with van der Waals surface area (Å²) in [6.45, 7) is 6.16. The summed E-state index contributed by atoms with van der Waals surface area (Å²) < 4.78 is 6.70. The lowest BCUT2D eigenvalue weighted by Crippen LogP contribution is -2.18. The Morgan fingerprint density at radius 1 is 1.27 bits per heavy atom. The number of carbonyl (C=O) groups is 2. The van der Waals surface area contributed by atoms with Crippen LogP contribution in [0.1, 0.15) is 42.1 Å². The zero-order valence-corrected chi connectivity index (χ0v) is 16.1. The van der Waals surface area contributed by atoms with Gasteiger partial charge in [0.25, 0.3) is 0 Å². The maximum absolute atomic E-state index is 12.4. The van der Waals surface area contributed by atoms with E-state index in [9.17, 15) is 9.59 Å². The van der Waals surface area contributed by atoms with Crippen molar-refractivity contribution in [3.63, 3.8) is 0 Å². The third-order valence-corrected chi connectivity index (χ3v) is 5.22. The van der Waals surface area contributed by atoms with E-state index in [2.05, 4.69) is 18.3 Å². The highest BCUT2D eigenvalue weighted by molar-refractivity contribution is 7.98. The van der Waals surface area contributed by atoms with Gasteiger partial charge in [-0.1, -0.05) is 17.7 Å². The van der Waals surface area contributed by atoms with Crippen LogP contribution in [0, 0.1) is 13.8 Å². The van der Waals surface area contributed by atoms with Gasteiger partial charge in [0.15, 0.2) is 0 Å². The maximum Gasteiger partial charge on any atom is 0.306 e. The number of thioether (sulfide) groups is 1. The predicted molar refractivity (Wildman–Crippen MR) is 103 cm³/mol. The van der Waals surface area contributed by atoms with Gasteiger partial charge in [-0.15, -0.1) is 0 Å². The molecule has 1 aromatic heterocycles. The molecular formula is C19H23N3O3S. The van der Waals surface area contributed by atoms with Gasteiger partial charge in [-0.25, -0.2) is 4.68 Å². The van der Waals surface area contributed by atoms with Crippen LogP contribution in [0.15, 0.2) is 18.2 Å². The molecule has 0 saturated carbocycles. The van der Waals surface area contributed by atoms with Crippen LogP contribution in [-0.4, -0.2) is 28.3 Å². The van der Waals surface area contributed by atoms with E-state index in [1.807, 2.05) is 23.7 Å². The molecule has 1 aliphatic rings. The van der Waals surface area contributed by atoms with Crippen molar-refractivity contribution in [2.45, 2.75) is 45.1 Å². The van der Waals surface area contributed by atoms with Gasteiger partial charge in [0.05, 0.1) is 24.4 Å². The average Bonchev–Trinajstić information content (AvgIpc) is 3.16. The van der Waals surface area contributed by atoms with E-state index in [4.69, 9.17) is 9.84 Å². The molecule has 1 N–H and O–H groups in total. The van der Waals surface area contributed by atoms with Crippen molar-refractivity contribution >= 4 is 29.5 Å². The normalized spacial score (nSPS) is 12.7. The van der Waals surface area contributed by atoms with E-state index in [0.717, 1.165) is 34.0 Å². The zero-order valence-electron chi connectivity index (χ0n) is 15.3. The number of nitrogens with one attached hydrogen (secondary N) is 1. The van der Waals surface area contributed by atoms with Gasteiger partial charge in [-0.3, -0.25) is 9.59 Å². The van der Waals surface area contributed by atoms with Crippen LogP contribution in [0.2, 0.25) is 0 Å². The van der Waals surface area contributed by atoms with E-state index >= 15 is 0 Å². The smallest absolute Gasteiger partial charge is 0.306 e. The van der Waals surface area contributed by atoms with Gasteiger partial charge in [-0.2, -0.15) is 16.9 Å². The van der Waals surface area contributed by atoms with Crippen molar-refractivity contribution in [1.29, 1.82) is 0 Å². The summed E-state index contributed by atoms with van der Waals surface area (Å²) in [5.41, 5.74) is 5.31. The monoisotopic (exact) mass is 373 g/mol. The fraction of sp³-hybridized carbons (Fsp3) is 0.421. The Balaban J connectivity index is 1.84. The Morgan fingerprint density at radius 2 is 2.08 bits per heavy atom. The molecule has 7 heteroatoms. The van der Waals surface area contributed by atoms with E-state index < -0.39 is 0 Å². The fourth-order valence-corrected chi connectivity index (χ4v) is 4.04. The molecule has 0 bridgehead atoms. The van der Waals surface area contributed by atoms with E-state index in [1.54, 1.807) is 18.7 Å². The van der Waals surface area contributed by atoms with Gasteiger partial charge < -0.3 is 10.1 Å². The molecule has 0 saturated heterocycles. The third-order valence-electron chi connectivity index (χ3n) is 4.25. The molecule has 26 heavy (non-hydrogen) atoms. The molecule has 2 heterocycles. The summed E-state index contributed by atoms with van der Waals surface area (Å²) in [4.78, 5) is 23.9. The number of nitrogens with zero attached hydrogens (tertiary/aromatic N) is 2. The second-order valence-electron chi connectivity index (χ2n) is 6.32. The average molecular weight is 373 g/mol. The third kappa shape index (κ3) is 3.93. The lowest BCUT2D eigenvalue weighted by molar-refractivity contribution is -0.144. The summed E-state index contributed by atoms with van der Waals surface area (Å²) in [7, 11) is 0. The van der Waals surface area contributed by atoms with Crippen LogP contribution < -0.4 is 5.32 Å². The Hall–Kier alpha value is -2.28. The molecule has 1 aliphatic heterocycles. The van der Waals surface area contributed by atoms with E-state index in [1.165, 1.54) is 5.56 Å². The quantitative estimate of drug-likeness (QED) is 0.785. The van der Waals surface area contributed by atoms with Crippen LogP contribution in [0.3, 0.4) is 0 Å². The molecule has 0 fully saturated rings. The van der Waals surface area contributed by atoms with Crippen LogP contribution in [-0.2, 0) is 25.8 Å². The molecule has 0 aliphatic carbocycles. The van der Waals surface area contributed by atoms with Crippen LogP contribution >= 0.6 is 11.8 Å². The first kappa shape index (κ1) is 18.5. The number of anilines is 1. The van der Waals surface area contributed by atoms with Gasteiger partial charge >= 0.3 is 5.97 Å². The minimum atomic E-state index is -0.355. The number of carbonyl (C=O) groups excluding carboxylic acids is 2. The molecule has 0 radical (unpaired) electrons.